The zero-order valence-electron chi connectivity index (χ0n) is 9.56. The predicted molar refractivity (Wildman–Crippen MR) is 59.2 cm³/mol. The number of hydrogen-bond donors (Lipinski definition) is 0. The molecule has 86 valence electrons. The number of carbonyl (C=O) groups is 1. The van der Waals surface area contributed by atoms with Gasteiger partial charge in [-0.25, -0.2) is 0 Å². The van der Waals surface area contributed by atoms with Crippen LogP contribution in [0.2, 0.25) is 0 Å². The van der Waals surface area contributed by atoms with Crippen LogP contribution in [0.15, 0.2) is 0 Å². The molecule has 0 aromatic carbocycles. The first-order valence-corrected chi connectivity index (χ1v) is 6.49. The molecule has 1 heterocycles. The summed E-state index contributed by atoms with van der Waals surface area (Å²) in [6, 6.07) is 2.31. The van der Waals surface area contributed by atoms with Crippen molar-refractivity contribution in [1.82, 2.24) is 4.90 Å². The van der Waals surface area contributed by atoms with Crippen molar-refractivity contribution in [2.24, 2.45) is 23.7 Å². The van der Waals surface area contributed by atoms with E-state index in [-0.39, 0.29) is 5.92 Å². The Balaban J connectivity index is 1.55. The lowest BCUT2D eigenvalue weighted by molar-refractivity contribution is -0.134. The van der Waals surface area contributed by atoms with Crippen LogP contribution in [0.4, 0.5) is 0 Å². The minimum atomic E-state index is 0.183. The second kappa shape index (κ2) is 3.76. The SMILES string of the molecule is N#CC1CCN(C(=O)C2C3CCCC32)CC1. The Labute approximate surface area is 96.4 Å². The van der Waals surface area contributed by atoms with Crippen LogP contribution in [-0.2, 0) is 4.79 Å². The quantitative estimate of drug-likeness (QED) is 0.673. The Morgan fingerprint density at radius 1 is 1.12 bits per heavy atom. The lowest BCUT2D eigenvalue weighted by Crippen LogP contribution is -2.39. The molecule has 3 rings (SSSR count). The summed E-state index contributed by atoms with van der Waals surface area (Å²) in [5, 5.41) is 8.82. The van der Waals surface area contributed by atoms with Gasteiger partial charge in [-0.1, -0.05) is 6.42 Å². The molecule has 1 saturated heterocycles. The smallest absolute Gasteiger partial charge is 0.226 e. The van der Waals surface area contributed by atoms with Gasteiger partial charge >= 0.3 is 0 Å². The number of nitrogens with zero attached hydrogens (tertiary/aromatic N) is 2. The van der Waals surface area contributed by atoms with E-state index in [2.05, 4.69) is 6.07 Å². The van der Waals surface area contributed by atoms with Crippen molar-refractivity contribution in [3.05, 3.63) is 0 Å². The number of carbonyl (C=O) groups excluding carboxylic acids is 1. The minimum Gasteiger partial charge on any atom is -0.342 e. The molecule has 16 heavy (non-hydrogen) atoms. The van der Waals surface area contributed by atoms with Crippen molar-refractivity contribution in [3.63, 3.8) is 0 Å². The van der Waals surface area contributed by atoms with Crippen molar-refractivity contribution in [2.45, 2.75) is 32.1 Å². The lowest BCUT2D eigenvalue weighted by atomic mass is 9.98. The maximum absolute atomic E-state index is 12.2. The van der Waals surface area contributed by atoms with E-state index >= 15 is 0 Å². The van der Waals surface area contributed by atoms with Gasteiger partial charge in [0, 0.05) is 24.9 Å². The van der Waals surface area contributed by atoms with Gasteiger partial charge in [-0.3, -0.25) is 4.79 Å². The normalized spacial score (nSPS) is 37.9. The van der Waals surface area contributed by atoms with E-state index < -0.39 is 0 Å². The Bertz CT molecular complexity index is 328. The average molecular weight is 218 g/mol. The molecule has 3 heteroatoms. The monoisotopic (exact) mass is 218 g/mol. The standard InChI is InChI=1S/C13H18N2O/c14-8-9-4-6-15(7-5-9)13(16)12-10-2-1-3-11(10)12/h9-12H,1-7H2. The second-order valence-corrected chi connectivity index (χ2v) is 5.51. The van der Waals surface area contributed by atoms with Gasteiger partial charge in [0.05, 0.1) is 6.07 Å². The molecule has 0 aromatic rings. The van der Waals surface area contributed by atoms with Crippen molar-refractivity contribution in [2.75, 3.05) is 13.1 Å². The fourth-order valence-corrected chi connectivity index (χ4v) is 3.63. The molecule has 0 N–H and O–H groups in total. The van der Waals surface area contributed by atoms with Gasteiger partial charge in [-0.05, 0) is 37.5 Å². The molecule has 3 aliphatic rings. The minimum absolute atomic E-state index is 0.183. The van der Waals surface area contributed by atoms with Crippen molar-refractivity contribution >= 4 is 5.91 Å². The average Bonchev–Trinajstić information content (AvgIpc) is 2.81. The zero-order valence-corrected chi connectivity index (χ0v) is 9.56. The Morgan fingerprint density at radius 2 is 1.75 bits per heavy atom. The summed E-state index contributed by atoms with van der Waals surface area (Å²) in [7, 11) is 0. The Hall–Kier alpha value is -1.04. The lowest BCUT2D eigenvalue weighted by Gasteiger charge is -2.29. The molecule has 2 atom stereocenters. The van der Waals surface area contributed by atoms with Gasteiger partial charge in [0.25, 0.3) is 0 Å². The maximum atomic E-state index is 12.2. The number of hydrogen-bond acceptors (Lipinski definition) is 2. The highest BCUT2D eigenvalue weighted by molar-refractivity contribution is 5.82. The van der Waals surface area contributed by atoms with E-state index in [9.17, 15) is 4.79 Å². The van der Waals surface area contributed by atoms with Gasteiger partial charge in [-0.15, -0.1) is 0 Å². The van der Waals surface area contributed by atoms with Gasteiger partial charge in [0.1, 0.15) is 0 Å². The van der Waals surface area contributed by atoms with Crippen LogP contribution in [0.25, 0.3) is 0 Å². The van der Waals surface area contributed by atoms with Crippen molar-refractivity contribution in [1.29, 1.82) is 5.26 Å². The predicted octanol–water partition coefficient (Wildman–Crippen LogP) is 1.79. The number of likely N-dealkylation sites (tertiary alicyclic amines) is 1. The van der Waals surface area contributed by atoms with E-state index in [0.717, 1.165) is 37.8 Å². The molecule has 2 saturated carbocycles. The molecule has 1 amide bonds. The first-order valence-electron chi connectivity index (χ1n) is 6.49. The number of nitriles is 1. The largest absolute Gasteiger partial charge is 0.342 e. The number of amides is 1. The number of fused-ring (bicyclic) bond motifs is 1. The maximum Gasteiger partial charge on any atom is 0.226 e. The van der Waals surface area contributed by atoms with Crippen molar-refractivity contribution < 1.29 is 4.79 Å². The molecular weight excluding hydrogens is 200 g/mol. The molecule has 0 bridgehead atoms. The van der Waals surface area contributed by atoms with Crippen LogP contribution >= 0.6 is 0 Å². The summed E-state index contributed by atoms with van der Waals surface area (Å²) in [5.41, 5.74) is 0. The van der Waals surface area contributed by atoms with Crippen molar-refractivity contribution in [3.8, 4) is 6.07 Å². The fourth-order valence-electron chi connectivity index (χ4n) is 3.63. The summed E-state index contributed by atoms with van der Waals surface area (Å²) in [5.74, 6) is 2.39. The molecule has 3 fully saturated rings. The van der Waals surface area contributed by atoms with E-state index in [1.165, 1.54) is 19.3 Å². The van der Waals surface area contributed by atoms with Crippen LogP contribution in [0.1, 0.15) is 32.1 Å². The summed E-state index contributed by atoms with van der Waals surface area (Å²) >= 11 is 0. The summed E-state index contributed by atoms with van der Waals surface area (Å²) in [6.45, 7) is 1.63. The van der Waals surface area contributed by atoms with Crippen LogP contribution in [0, 0.1) is 35.0 Å². The van der Waals surface area contributed by atoms with E-state index in [0.29, 0.717) is 11.8 Å². The summed E-state index contributed by atoms with van der Waals surface area (Å²) in [4.78, 5) is 14.2. The third-order valence-corrected chi connectivity index (χ3v) is 4.68. The molecule has 3 nitrogen and oxygen atoms in total. The first kappa shape index (κ1) is 10.1. The molecule has 0 aromatic heterocycles. The zero-order chi connectivity index (χ0) is 11.1. The molecule has 0 radical (unpaired) electrons. The molecule has 2 aliphatic carbocycles. The fraction of sp³-hybridized carbons (Fsp3) is 0.846. The third-order valence-electron chi connectivity index (χ3n) is 4.68. The first-order chi connectivity index (χ1) is 7.81. The highest BCUT2D eigenvalue weighted by Gasteiger charge is 2.57. The Morgan fingerprint density at radius 3 is 2.31 bits per heavy atom. The second-order valence-electron chi connectivity index (χ2n) is 5.51. The molecule has 2 unspecified atom stereocenters. The topological polar surface area (TPSA) is 44.1 Å². The van der Waals surface area contributed by atoms with Crippen LogP contribution in [0.5, 0.6) is 0 Å². The van der Waals surface area contributed by atoms with Crippen LogP contribution in [-0.4, -0.2) is 23.9 Å². The summed E-state index contributed by atoms with van der Waals surface area (Å²) < 4.78 is 0. The van der Waals surface area contributed by atoms with Crippen LogP contribution in [0.3, 0.4) is 0 Å². The van der Waals surface area contributed by atoms with Gasteiger partial charge in [0.2, 0.25) is 5.91 Å². The molecule has 1 aliphatic heterocycles. The number of piperidine rings is 1. The van der Waals surface area contributed by atoms with E-state index in [4.69, 9.17) is 5.26 Å². The van der Waals surface area contributed by atoms with Gasteiger partial charge in [-0.2, -0.15) is 5.26 Å². The van der Waals surface area contributed by atoms with Crippen LogP contribution < -0.4 is 0 Å². The highest BCUT2D eigenvalue weighted by atomic mass is 16.2. The van der Waals surface area contributed by atoms with Gasteiger partial charge < -0.3 is 4.90 Å². The van der Waals surface area contributed by atoms with E-state index in [1.807, 2.05) is 4.90 Å². The number of rotatable bonds is 1. The molecule has 0 spiro atoms. The Kier molecular flexibility index (Phi) is 2.38. The highest BCUT2D eigenvalue weighted by Crippen LogP contribution is 2.58. The summed E-state index contributed by atoms with van der Waals surface area (Å²) in [6.07, 6.45) is 5.63. The third kappa shape index (κ3) is 1.52. The molecular formula is C13H18N2O. The van der Waals surface area contributed by atoms with Gasteiger partial charge in [0.15, 0.2) is 0 Å². The van der Waals surface area contributed by atoms with E-state index in [1.54, 1.807) is 0 Å².